The summed E-state index contributed by atoms with van der Waals surface area (Å²) in [6, 6.07) is 0. The summed E-state index contributed by atoms with van der Waals surface area (Å²) >= 11 is 1.71. The first-order valence-corrected chi connectivity index (χ1v) is 3.99. The molecular weight excluding hydrogens is 251 g/mol. The van der Waals surface area contributed by atoms with E-state index in [-0.39, 0.29) is 12.8 Å². The zero-order valence-corrected chi connectivity index (χ0v) is 7.35. The van der Waals surface area contributed by atoms with Gasteiger partial charge in [0.25, 0.3) is 0 Å². The lowest BCUT2D eigenvalue weighted by Crippen LogP contribution is -2.16. The highest BCUT2D eigenvalue weighted by molar-refractivity contribution is 14.1. The third-order valence-electron chi connectivity index (χ3n) is 0.877. The van der Waals surface area contributed by atoms with Crippen molar-refractivity contribution in [3.8, 4) is 0 Å². The highest BCUT2D eigenvalue weighted by Gasteiger charge is 2.12. The van der Waals surface area contributed by atoms with Gasteiger partial charge >= 0.3 is 5.97 Å². The van der Waals surface area contributed by atoms with Gasteiger partial charge in [-0.1, -0.05) is 22.6 Å². The molecule has 0 rings (SSSR count). The Labute approximate surface area is 72.0 Å². The van der Waals surface area contributed by atoms with Gasteiger partial charge in [0.2, 0.25) is 0 Å². The third-order valence-corrected chi connectivity index (χ3v) is 1.39. The molecule has 5 heteroatoms. The Morgan fingerprint density at radius 1 is 1.50 bits per heavy atom. The molecule has 4 nitrogen and oxygen atoms in total. The van der Waals surface area contributed by atoms with Gasteiger partial charge in [0.15, 0.2) is 0 Å². The molecule has 0 aromatic rings. The van der Waals surface area contributed by atoms with Gasteiger partial charge in [-0.15, -0.1) is 0 Å². The fourth-order valence-electron chi connectivity index (χ4n) is 0.509. The van der Waals surface area contributed by atoms with Gasteiger partial charge in [-0.2, -0.15) is 0 Å². The van der Waals surface area contributed by atoms with Crippen molar-refractivity contribution in [1.29, 1.82) is 0 Å². The van der Waals surface area contributed by atoms with Crippen LogP contribution in [-0.4, -0.2) is 31.5 Å². The molecule has 0 fully saturated rings. The van der Waals surface area contributed by atoms with E-state index in [1.807, 2.05) is 0 Å². The summed E-state index contributed by atoms with van der Waals surface area (Å²) in [6.07, 6.45) is -1.14. The van der Waals surface area contributed by atoms with Crippen molar-refractivity contribution in [3.05, 3.63) is 0 Å². The van der Waals surface area contributed by atoms with Crippen LogP contribution in [0.2, 0.25) is 0 Å². The smallest absolute Gasteiger partial charge is 0.305 e. The number of hydrogen-bond acceptors (Lipinski definition) is 3. The Bertz CT molecular complexity index is 114. The summed E-state index contributed by atoms with van der Waals surface area (Å²) < 4.78 is -0.674. The van der Waals surface area contributed by atoms with Gasteiger partial charge in [0.1, 0.15) is 4.11 Å². The minimum absolute atomic E-state index is 0.104. The standard InChI is InChI=1S/C5H9IO4/c6-4(8)1-3(7)2-5(9)10/h3-4,7-8H,1-2H2,(H,9,10). The van der Waals surface area contributed by atoms with Crippen LogP contribution >= 0.6 is 22.6 Å². The molecule has 0 spiro atoms. The van der Waals surface area contributed by atoms with Crippen LogP contribution in [0.1, 0.15) is 12.8 Å². The zero-order chi connectivity index (χ0) is 8.15. The zero-order valence-electron chi connectivity index (χ0n) is 5.20. The fourth-order valence-corrected chi connectivity index (χ4v) is 1.10. The first-order valence-electron chi connectivity index (χ1n) is 2.74. The van der Waals surface area contributed by atoms with E-state index in [2.05, 4.69) is 0 Å². The average molecular weight is 260 g/mol. The lowest BCUT2D eigenvalue weighted by molar-refractivity contribution is -0.139. The number of carboxylic acid groups (broad SMARTS) is 1. The average Bonchev–Trinajstić information content (AvgIpc) is 1.58. The minimum Gasteiger partial charge on any atom is -0.481 e. The minimum atomic E-state index is -1.05. The maximum Gasteiger partial charge on any atom is 0.305 e. The van der Waals surface area contributed by atoms with Crippen LogP contribution in [0.25, 0.3) is 0 Å². The van der Waals surface area contributed by atoms with Gasteiger partial charge in [-0.25, -0.2) is 0 Å². The number of alkyl halides is 1. The van der Waals surface area contributed by atoms with Crippen molar-refractivity contribution in [2.45, 2.75) is 23.1 Å². The Morgan fingerprint density at radius 2 is 2.00 bits per heavy atom. The summed E-state index contributed by atoms with van der Waals surface area (Å²) in [5.74, 6) is -1.05. The Balaban J connectivity index is 3.43. The van der Waals surface area contributed by atoms with Gasteiger partial charge < -0.3 is 15.3 Å². The molecule has 0 aliphatic carbocycles. The molecule has 0 aromatic heterocycles. The molecule has 0 saturated heterocycles. The molecule has 2 unspecified atom stereocenters. The monoisotopic (exact) mass is 260 g/mol. The Hall–Kier alpha value is 0.120. The molecule has 0 aromatic carbocycles. The van der Waals surface area contributed by atoms with Crippen molar-refractivity contribution >= 4 is 28.6 Å². The first kappa shape index (κ1) is 10.1. The summed E-state index contributed by atoms with van der Waals surface area (Å²) in [5, 5.41) is 25.7. The fraction of sp³-hybridized carbons (Fsp3) is 0.800. The maximum absolute atomic E-state index is 9.95. The van der Waals surface area contributed by atoms with E-state index in [1.54, 1.807) is 22.6 Å². The molecular formula is C5H9IO4. The van der Waals surface area contributed by atoms with E-state index in [0.29, 0.717) is 0 Å². The quantitative estimate of drug-likeness (QED) is 0.489. The molecule has 0 heterocycles. The van der Waals surface area contributed by atoms with Crippen molar-refractivity contribution < 1.29 is 20.1 Å². The Kier molecular flexibility index (Phi) is 4.92. The van der Waals surface area contributed by atoms with E-state index in [0.717, 1.165) is 0 Å². The van der Waals surface area contributed by atoms with E-state index in [4.69, 9.17) is 15.3 Å². The van der Waals surface area contributed by atoms with E-state index in [9.17, 15) is 4.79 Å². The lowest BCUT2D eigenvalue weighted by Gasteiger charge is -2.07. The predicted octanol–water partition coefficient (Wildman–Crippen LogP) is -0.0345. The van der Waals surface area contributed by atoms with Crippen LogP contribution in [-0.2, 0) is 4.79 Å². The van der Waals surface area contributed by atoms with Gasteiger partial charge in [0.05, 0.1) is 12.5 Å². The third kappa shape index (κ3) is 6.24. The van der Waals surface area contributed by atoms with Crippen LogP contribution in [0.15, 0.2) is 0 Å². The molecule has 0 bridgehead atoms. The molecule has 3 N–H and O–H groups in total. The molecule has 0 radical (unpaired) electrons. The maximum atomic E-state index is 9.95. The summed E-state index contributed by atoms with van der Waals surface area (Å²) in [7, 11) is 0. The highest BCUT2D eigenvalue weighted by Crippen LogP contribution is 2.07. The number of aliphatic carboxylic acids is 1. The molecule has 0 aliphatic heterocycles. The molecule has 2 atom stereocenters. The number of aliphatic hydroxyl groups is 2. The molecule has 0 aliphatic rings. The highest BCUT2D eigenvalue weighted by atomic mass is 127. The van der Waals surface area contributed by atoms with Crippen LogP contribution in [0.5, 0.6) is 0 Å². The van der Waals surface area contributed by atoms with Gasteiger partial charge in [-0.05, 0) is 0 Å². The SMILES string of the molecule is O=C(O)CC(O)CC(O)I. The number of aliphatic hydroxyl groups excluding tert-OH is 2. The number of halogens is 1. The van der Waals surface area contributed by atoms with E-state index in [1.165, 1.54) is 0 Å². The van der Waals surface area contributed by atoms with Gasteiger partial charge in [0, 0.05) is 6.42 Å². The van der Waals surface area contributed by atoms with Crippen molar-refractivity contribution in [2.24, 2.45) is 0 Å². The van der Waals surface area contributed by atoms with Crippen LogP contribution < -0.4 is 0 Å². The second-order valence-corrected chi connectivity index (χ2v) is 3.36. The topological polar surface area (TPSA) is 77.8 Å². The Morgan fingerprint density at radius 3 is 2.30 bits per heavy atom. The number of carbonyl (C=O) groups is 1. The van der Waals surface area contributed by atoms with Crippen LogP contribution in [0.4, 0.5) is 0 Å². The largest absolute Gasteiger partial charge is 0.481 e. The summed E-state index contributed by atoms with van der Waals surface area (Å²) in [4.78, 5) is 9.95. The van der Waals surface area contributed by atoms with Gasteiger partial charge in [-0.3, -0.25) is 4.79 Å². The van der Waals surface area contributed by atoms with E-state index < -0.39 is 16.2 Å². The normalized spacial score (nSPS) is 16.3. The molecule has 0 amide bonds. The lowest BCUT2D eigenvalue weighted by atomic mass is 10.2. The number of rotatable bonds is 4. The molecule has 10 heavy (non-hydrogen) atoms. The van der Waals surface area contributed by atoms with Crippen LogP contribution in [0, 0.1) is 0 Å². The van der Waals surface area contributed by atoms with Crippen molar-refractivity contribution in [2.75, 3.05) is 0 Å². The number of hydrogen-bond donors (Lipinski definition) is 3. The van der Waals surface area contributed by atoms with E-state index >= 15 is 0 Å². The predicted molar refractivity (Wildman–Crippen MR) is 42.9 cm³/mol. The van der Waals surface area contributed by atoms with Crippen molar-refractivity contribution in [1.82, 2.24) is 0 Å². The second kappa shape index (κ2) is 4.86. The number of carboxylic acids is 1. The summed E-state index contributed by atoms with van der Waals surface area (Å²) in [5.41, 5.74) is 0. The second-order valence-electron chi connectivity index (χ2n) is 1.92. The first-order chi connectivity index (χ1) is 4.52. The van der Waals surface area contributed by atoms with Crippen molar-refractivity contribution in [3.63, 3.8) is 0 Å². The molecule has 0 saturated carbocycles. The van der Waals surface area contributed by atoms with Crippen LogP contribution in [0.3, 0.4) is 0 Å². The molecule has 60 valence electrons. The summed E-state index contributed by atoms with van der Waals surface area (Å²) in [6.45, 7) is 0.